The summed E-state index contributed by atoms with van der Waals surface area (Å²) in [4.78, 5) is 15.9. The van der Waals surface area contributed by atoms with Gasteiger partial charge in [-0.15, -0.1) is 36.2 Å². The van der Waals surface area contributed by atoms with E-state index in [0.29, 0.717) is 12.5 Å². The molecule has 0 radical (unpaired) electrons. The lowest BCUT2D eigenvalue weighted by molar-refractivity contribution is -0.121. The third-order valence-corrected chi connectivity index (χ3v) is 5.43. The monoisotopic (exact) mass is 395 g/mol. The summed E-state index contributed by atoms with van der Waals surface area (Å²) in [5.41, 5.74) is 0. The number of nitrogens with zero attached hydrogens (tertiary/aromatic N) is 1. The van der Waals surface area contributed by atoms with Gasteiger partial charge in [0.2, 0.25) is 5.91 Å². The smallest absolute Gasteiger partial charge is 0.220 e. The van der Waals surface area contributed by atoms with Crippen molar-refractivity contribution < 1.29 is 4.79 Å². The van der Waals surface area contributed by atoms with Crippen LogP contribution < -0.4 is 10.6 Å². The highest BCUT2D eigenvalue weighted by Gasteiger charge is 2.25. The van der Waals surface area contributed by atoms with Gasteiger partial charge in [-0.25, -0.2) is 0 Å². The molecule has 0 aromatic carbocycles. The Labute approximate surface area is 162 Å². The number of amides is 1. The van der Waals surface area contributed by atoms with E-state index < -0.39 is 0 Å². The van der Waals surface area contributed by atoms with E-state index in [1.54, 1.807) is 11.3 Å². The summed E-state index contributed by atoms with van der Waals surface area (Å²) in [7, 11) is 1.92. The van der Waals surface area contributed by atoms with Crippen LogP contribution in [0.4, 0.5) is 0 Å². The van der Waals surface area contributed by atoms with Crippen LogP contribution in [0.2, 0.25) is 0 Å². The molecule has 1 unspecified atom stereocenters. The van der Waals surface area contributed by atoms with Crippen molar-refractivity contribution in [2.75, 3.05) is 33.2 Å². The molecule has 0 aliphatic carbocycles. The highest BCUT2D eigenvalue weighted by Crippen LogP contribution is 2.29. The van der Waals surface area contributed by atoms with Crippen LogP contribution in [-0.2, 0) is 4.79 Å². The number of nitrogens with one attached hydrogen (secondary N) is 2. The van der Waals surface area contributed by atoms with Crippen LogP contribution in [0, 0.1) is 5.92 Å². The van der Waals surface area contributed by atoms with Crippen LogP contribution in [-0.4, -0.2) is 44.0 Å². The maximum absolute atomic E-state index is 12.0. The standard InChI is InChI=1S/C17H29N3OS.2ClH/c1-14-7-10-20(11-8-14)15(16-5-4-12-22-16)13-19-17(21)6-3-9-18-2;;/h4-5,12,14-15,18H,3,6-11,13H2,1-2H3,(H,19,21);2*1H. The Hall–Kier alpha value is -0.330. The summed E-state index contributed by atoms with van der Waals surface area (Å²) >= 11 is 1.80. The first kappa shape index (κ1) is 23.7. The molecule has 0 saturated carbocycles. The Bertz CT molecular complexity index is 437. The second-order valence-corrected chi connectivity index (χ2v) is 7.24. The molecule has 1 atom stereocenters. The molecule has 0 spiro atoms. The second-order valence-electron chi connectivity index (χ2n) is 6.26. The summed E-state index contributed by atoms with van der Waals surface area (Å²) in [6.45, 7) is 6.23. The molecule has 1 aromatic heterocycles. The van der Waals surface area contributed by atoms with Crippen molar-refractivity contribution in [2.45, 2.75) is 38.6 Å². The first-order chi connectivity index (χ1) is 10.7. The highest BCUT2D eigenvalue weighted by molar-refractivity contribution is 7.10. The van der Waals surface area contributed by atoms with Gasteiger partial charge >= 0.3 is 0 Å². The van der Waals surface area contributed by atoms with E-state index in [2.05, 4.69) is 40.0 Å². The number of hydrogen-bond acceptors (Lipinski definition) is 4. The van der Waals surface area contributed by atoms with E-state index in [-0.39, 0.29) is 30.7 Å². The Kier molecular flexibility index (Phi) is 12.8. The lowest BCUT2D eigenvalue weighted by atomic mass is 9.97. The molecule has 24 heavy (non-hydrogen) atoms. The predicted octanol–water partition coefficient (Wildman–Crippen LogP) is 3.48. The zero-order chi connectivity index (χ0) is 15.8. The van der Waals surface area contributed by atoms with E-state index in [1.807, 2.05) is 7.05 Å². The number of thiophene rings is 1. The van der Waals surface area contributed by atoms with E-state index in [9.17, 15) is 4.79 Å². The van der Waals surface area contributed by atoms with Crippen LogP contribution in [0.1, 0.15) is 43.5 Å². The van der Waals surface area contributed by atoms with E-state index >= 15 is 0 Å². The minimum Gasteiger partial charge on any atom is -0.354 e. The number of carbonyl (C=O) groups excluding carboxylic acids is 1. The van der Waals surface area contributed by atoms with E-state index in [4.69, 9.17) is 0 Å². The lowest BCUT2D eigenvalue weighted by Crippen LogP contribution is -2.41. The number of piperidine rings is 1. The third-order valence-electron chi connectivity index (χ3n) is 4.45. The lowest BCUT2D eigenvalue weighted by Gasteiger charge is -2.36. The summed E-state index contributed by atoms with van der Waals surface area (Å²) < 4.78 is 0. The van der Waals surface area contributed by atoms with Crippen LogP contribution >= 0.6 is 36.2 Å². The Morgan fingerprint density at radius 2 is 2.08 bits per heavy atom. The molecule has 2 heterocycles. The van der Waals surface area contributed by atoms with Crippen LogP contribution in [0.25, 0.3) is 0 Å². The molecule has 1 amide bonds. The van der Waals surface area contributed by atoms with Crippen molar-refractivity contribution in [3.8, 4) is 0 Å². The van der Waals surface area contributed by atoms with Crippen molar-refractivity contribution in [3.05, 3.63) is 22.4 Å². The number of carbonyl (C=O) groups is 1. The zero-order valence-corrected chi connectivity index (χ0v) is 17.1. The molecule has 1 aromatic rings. The Morgan fingerprint density at radius 3 is 2.67 bits per heavy atom. The predicted molar refractivity (Wildman–Crippen MR) is 108 cm³/mol. The van der Waals surface area contributed by atoms with Crippen molar-refractivity contribution >= 4 is 42.1 Å². The molecule has 7 heteroatoms. The molecule has 1 aliphatic rings. The van der Waals surface area contributed by atoms with Gasteiger partial charge in [0.05, 0.1) is 6.04 Å². The number of halogens is 2. The quantitative estimate of drug-likeness (QED) is 0.662. The molecule has 1 fully saturated rings. The van der Waals surface area contributed by atoms with E-state index in [1.165, 1.54) is 17.7 Å². The molecular weight excluding hydrogens is 365 g/mol. The maximum atomic E-state index is 12.0. The fraction of sp³-hybridized carbons (Fsp3) is 0.706. The summed E-state index contributed by atoms with van der Waals surface area (Å²) in [5.74, 6) is 0.999. The molecule has 0 bridgehead atoms. The maximum Gasteiger partial charge on any atom is 0.220 e. The minimum atomic E-state index is 0. The zero-order valence-electron chi connectivity index (χ0n) is 14.6. The molecular formula is C17H31Cl2N3OS. The third kappa shape index (κ3) is 7.70. The second kappa shape index (κ2) is 13.0. The van der Waals surface area contributed by atoms with Gasteiger partial charge in [-0.3, -0.25) is 9.69 Å². The Morgan fingerprint density at radius 1 is 1.38 bits per heavy atom. The molecule has 140 valence electrons. The van der Waals surface area contributed by atoms with Gasteiger partial charge in [0, 0.05) is 17.8 Å². The molecule has 1 saturated heterocycles. The fourth-order valence-corrected chi connectivity index (χ4v) is 3.82. The molecule has 1 aliphatic heterocycles. The van der Waals surface area contributed by atoms with Crippen molar-refractivity contribution in [1.82, 2.24) is 15.5 Å². The van der Waals surface area contributed by atoms with Gasteiger partial charge in [-0.1, -0.05) is 13.0 Å². The summed E-state index contributed by atoms with van der Waals surface area (Å²) in [6.07, 6.45) is 4.03. The first-order valence-electron chi connectivity index (χ1n) is 8.39. The highest BCUT2D eigenvalue weighted by atomic mass is 35.5. The van der Waals surface area contributed by atoms with Crippen LogP contribution in [0.3, 0.4) is 0 Å². The average molecular weight is 396 g/mol. The number of rotatable bonds is 8. The van der Waals surface area contributed by atoms with Crippen molar-refractivity contribution in [1.29, 1.82) is 0 Å². The van der Waals surface area contributed by atoms with Crippen LogP contribution in [0.5, 0.6) is 0 Å². The topological polar surface area (TPSA) is 44.4 Å². The van der Waals surface area contributed by atoms with Gasteiger partial charge in [0.15, 0.2) is 0 Å². The normalized spacial score (nSPS) is 16.8. The van der Waals surface area contributed by atoms with Crippen molar-refractivity contribution in [3.63, 3.8) is 0 Å². The van der Waals surface area contributed by atoms with Crippen LogP contribution in [0.15, 0.2) is 17.5 Å². The molecule has 4 nitrogen and oxygen atoms in total. The van der Waals surface area contributed by atoms with E-state index in [0.717, 1.165) is 38.5 Å². The van der Waals surface area contributed by atoms with Gasteiger partial charge in [-0.05, 0) is 63.3 Å². The molecule has 2 N–H and O–H groups in total. The van der Waals surface area contributed by atoms with Gasteiger partial charge < -0.3 is 10.6 Å². The fourth-order valence-electron chi connectivity index (χ4n) is 2.96. The van der Waals surface area contributed by atoms with Gasteiger partial charge in [0.25, 0.3) is 0 Å². The molecule has 2 rings (SSSR count). The van der Waals surface area contributed by atoms with Gasteiger partial charge in [0.1, 0.15) is 0 Å². The number of hydrogen-bond donors (Lipinski definition) is 2. The number of likely N-dealkylation sites (tertiary alicyclic amines) is 1. The first-order valence-corrected chi connectivity index (χ1v) is 9.27. The largest absolute Gasteiger partial charge is 0.354 e. The van der Waals surface area contributed by atoms with Crippen molar-refractivity contribution in [2.24, 2.45) is 5.92 Å². The van der Waals surface area contributed by atoms with Gasteiger partial charge in [-0.2, -0.15) is 0 Å². The minimum absolute atomic E-state index is 0. The SMILES string of the molecule is CNCCCC(=O)NCC(c1cccs1)N1CCC(C)CC1.Cl.Cl. The summed E-state index contributed by atoms with van der Waals surface area (Å²) in [5, 5.41) is 8.34. The average Bonchev–Trinajstić information content (AvgIpc) is 3.04. The summed E-state index contributed by atoms with van der Waals surface area (Å²) in [6, 6.07) is 4.63. The Balaban J connectivity index is 0.00000264.